The molecule has 0 rings (SSSR count). The Morgan fingerprint density at radius 3 is 2.29 bits per heavy atom. The lowest BCUT2D eigenvalue weighted by molar-refractivity contribution is -0.121. The zero-order chi connectivity index (χ0) is 11.0. The number of amides is 1. The fraction of sp³-hybridized carbons (Fsp3) is 0.909. The second-order valence-electron chi connectivity index (χ2n) is 3.70. The summed E-state index contributed by atoms with van der Waals surface area (Å²) in [7, 11) is 0. The molecule has 1 amide bonds. The van der Waals surface area contributed by atoms with Crippen molar-refractivity contribution in [2.24, 2.45) is 0 Å². The summed E-state index contributed by atoms with van der Waals surface area (Å²) >= 11 is 0. The van der Waals surface area contributed by atoms with Gasteiger partial charge in [0.05, 0.1) is 0 Å². The molecule has 14 heavy (non-hydrogen) atoms. The average molecular weight is 200 g/mol. The van der Waals surface area contributed by atoms with Crippen LogP contribution in [0.15, 0.2) is 0 Å². The third kappa shape index (κ3) is 5.97. The number of carbonyl (C=O) groups excluding carboxylic acids is 1. The Bertz CT molecular complexity index is 155. The maximum Gasteiger partial charge on any atom is 0.220 e. The molecular formula is C11H24N2O. The van der Waals surface area contributed by atoms with Crippen molar-refractivity contribution >= 4 is 5.91 Å². The molecule has 84 valence electrons. The van der Waals surface area contributed by atoms with Gasteiger partial charge >= 0.3 is 0 Å². The molecule has 0 radical (unpaired) electrons. The van der Waals surface area contributed by atoms with Gasteiger partial charge in [-0.25, -0.2) is 0 Å². The Labute approximate surface area is 87.9 Å². The molecule has 0 saturated heterocycles. The van der Waals surface area contributed by atoms with Crippen LogP contribution in [-0.2, 0) is 4.79 Å². The summed E-state index contributed by atoms with van der Waals surface area (Å²) in [5.41, 5.74) is 0. The van der Waals surface area contributed by atoms with Gasteiger partial charge in [-0.15, -0.1) is 0 Å². The first-order chi connectivity index (χ1) is 6.63. The van der Waals surface area contributed by atoms with E-state index in [2.05, 4.69) is 31.0 Å². The van der Waals surface area contributed by atoms with Crippen LogP contribution in [-0.4, -0.2) is 36.5 Å². The molecule has 0 spiro atoms. The van der Waals surface area contributed by atoms with E-state index in [-0.39, 0.29) is 11.9 Å². The second-order valence-corrected chi connectivity index (χ2v) is 3.70. The molecule has 0 saturated carbocycles. The van der Waals surface area contributed by atoms with E-state index in [1.54, 1.807) is 0 Å². The lowest BCUT2D eigenvalue weighted by Crippen LogP contribution is -2.41. The zero-order valence-corrected chi connectivity index (χ0v) is 9.97. The summed E-state index contributed by atoms with van der Waals surface area (Å²) in [6.45, 7) is 11.4. The van der Waals surface area contributed by atoms with Crippen molar-refractivity contribution in [3.8, 4) is 0 Å². The van der Waals surface area contributed by atoms with Crippen molar-refractivity contribution in [3.05, 3.63) is 0 Å². The SMILES string of the molecule is CCCC(=O)NC(C)CN(CC)CC. The van der Waals surface area contributed by atoms with E-state index in [0.29, 0.717) is 6.42 Å². The van der Waals surface area contributed by atoms with Crippen LogP contribution < -0.4 is 5.32 Å². The number of carbonyl (C=O) groups is 1. The molecule has 3 heteroatoms. The van der Waals surface area contributed by atoms with E-state index in [1.807, 2.05) is 6.92 Å². The summed E-state index contributed by atoms with van der Waals surface area (Å²) in [6, 6.07) is 0.258. The maximum atomic E-state index is 11.3. The number of rotatable bonds is 7. The molecule has 1 atom stereocenters. The summed E-state index contributed by atoms with van der Waals surface area (Å²) in [5, 5.41) is 3.00. The minimum Gasteiger partial charge on any atom is -0.352 e. The standard InChI is InChI=1S/C11H24N2O/c1-5-8-11(14)12-10(4)9-13(6-2)7-3/h10H,5-9H2,1-4H3,(H,12,14). The highest BCUT2D eigenvalue weighted by molar-refractivity contribution is 5.76. The number of likely N-dealkylation sites (N-methyl/N-ethyl adjacent to an activating group) is 1. The summed E-state index contributed by atoms with van der Waals surface area (Å²) in [6.07, 6.45) is 1.56. The van der Waals surface area contributed by atoms with Crippen molar-refractivity contribution in [1.82, 2.24) is 10.2 Å². The zero-order valence-electron chi connectivity index (χ0n) is 9.97. The number of nitrogens with one attached hydrogen (secondary N) is 1. The average Bonchev–Trinajstić information content (AvgIpc) is 2.14. The Kier molecular flexibility index (Phi) is 7.48. The first-order valence-corrected chi connectivity index (χ1v) is 5.65. The highest BCUT2D eigenvalue weighted by Crippen LogP contribution is 1.93. The van der Waals surface area contributed by atoms with Crippen LogP contribution in [0.2, 0.25) is 0 Å². The fourth-order valence-corrected chi connectivity index (χ4v) is 1.49. The molecule has 0 aliphatic carbocycles. The quantitative estimate of drug-likeness (QED) is 0.677. The van der Waals surface area contributed by atoms with Crippen molar-refractivity contribution in [3.63, 3.8) is 0 Å². The van der Waals surface area contributed by atoms with Crippen LogP contribution in [0, 0.1) is 0 Å². The Balaban J connectivity index is 3.72. The fourth-order valence-electron chi connectivity index (χ4n) is 1.49. The lowest BCUT2D eigenvalue weighted by atomic mass is 10.2. The van der Waals surface area contributed by atoms with Gasteiger partial charge in [0.1, 0.15) is 0 Å². The van der Waals surface area contributed by atoms with E-state index >= 15 is 0 Å². The molecule has 1 unspecified atom stereocenters. The van der Waals surface area contributed by atoms with E-state index in [1.165, 1.54) is 0 Å². The molecule has 0 fully saturated rings. The van der Waals surface area contributed by atoms with E-state index < -0.39 is 0 Å². The molecule has 0 aliphatic rings. The minimum atomic E-state index is 0.173. The van der Waals surface area contributed by atoms with Crippen molar-refractivity contribution in [2.45, 2.75) is 46.6 Å². The van der Waals surface area contributed by atoms with Crippen LogP contribution >= 0.6 is 0 Å². The van der Waals surface area contributed by atoms with Gasteiger partial charge in [0, 0.05) is 19.0 Å². The normalized spacial score (nSPS) is 12.9. The largest absolute Gasteiger partial charge is 0.352 e. The van der Waals surface area contributed by atoms with E-state index in [9.17, 15) is 4.79 Å². The van der Waals surface area contributed by atoms with E-state index in [4.69, 9.17) is 0 Å². The summed E-state index contributed by atoms with van der Waals surface area (Å²) < 4.78 is 0. The lowest BCUT2D eigenvalue weighted by Gasteiger charge is -2.23. The first-order valence-electron chi connectivity index (χ1n) is 5.65. The smallest absolute Gasteiger partial charge is 0.220 e. The van der Waals surface area contributed by atoms with Crippen molar-refractivity contribution < 1.29 is 4.79 Å². The topological polar surface area (TPSA) is 32.3 Å². The number of hydrogen-bond donors (Lipinski definition) is 1. The van der Waals surface area contributed by atoms with Crippen molar-refractivity contribution in [1.29, 1.82) is 0 Å². The van der Waals surface area contributed by atoms with Crippen LogP contribution in [0.3, 0.4) is 0 Å². The number of nitrogens with zero attached hydrogens (tertiary/aromatic N) is 1. The maximum absolute atomic E-state index is 11.3. The molecule has 0 bridgehead atoms. The highest BCUT2D eigenvalue weighted by atomic mass is 16.1. The van der Waals surface area contributed by atoms with Gasteiger partial charge in [0.15, 0.2) is 0 Å². The third-order valence-corrected chi connectivity index (χ3v) is 2.31. The Morgan fingerprint density at radius 1 is 1.29 bits per heavy atom. The molecule has 0 aromatic heterocycles. The second kappa shape index (κ2) is 7.80. The monoisotopic (exact) mass is 200 g/mol. The summed E-state index contributed by atoms with van der Waals surface area (Å²) in [4.78, 5) is 13.6. The van der Waals surface area contributed by atoms with Crippen LogP contribution in [0.25, 0.3) is 0 Å². The molecule has 0 aromatic carbocycles. The van der Waals surface area contributed by atoms with Crippen molar-refractivity contribution in [2.75, 3.05) is 19.6 Å². The highest BCUT2D eigenvalue weighted by Gasteiger charge is 2.09. The summed E-state index contributed by atoms with van der Waals surface area (Å²) in [5.74, 6) is 0.173. The van der Waals surface area contributed by atoms with Gasteiger partial charge in [0.25, 0.3) is 0 Å². The molecule has 0 heterocycles. The Morgan fingerprint density at radius 2 is 1.86 bits per heavy atom. The Hall–Kier alpha value is -0.570. The van der Waals surface area contributed by atoms with E-state index in [0.717, 1.165) is 26.1 Å². The van der Waals surface area contributed by atoms with Gasteiger partial charge in [-0.2, -0.15) is 0 Å². The van der Waals surface area contributed by atoms with Gasteiger partial charge in [-0.1, -0.05) is 20.8 Å². The van der Waals surface area contributed by atoms with Gasteiger partial charge in [0.2, 0.25) is 5.91 Å². The number of hydrogen-bond acceptors (Lipinski definition) is 2. The van der Waals surface area contributed by atoms with Gasteiger partial charge < -0.3 is 10.2 Å². The predicted molar refractivity (Wildman–Crippen MR) is 60.3 cm³/mol. The van der Waals surface area contributed by atoms with Crippen LogP contribution in [0.4, 0.5) is 0 Å². The predicted octanol–water partition coefficient (Wildman–Crippen LogP) is 1.63. The molecule has 1 N–H and O–H groups in total. The molecule has 0 aromatic rings. The first kappa shape index (κ1) is 13.4. The molecule has 0 aliphatic heterocycles. The minimum absolute atomic E-state index is 0.173. The molecule has 3 nitrogen and oxygen atoms in total. The third-order valence-electron chi connectivity index (χ3n) is 2.31. The van der Waals surface area contributed by atoms with Gasteiger partial charge in [-0.3, -0.25) is 4.79 Å². The van der Waals surface area contributed by atoms with Crippen LogP contribution in [0.1, 0.15) is 40.5 Å². The van der Waals surface area contributed by atoms with Crippen LogP contribution in [0.5, 0.6) is 0 Å². The van der Waals surface area contributed by atoms with Gasteiger partial charge in [-0.05, 0) is 26.4 Å². The molecular weight excluding hydrogens is 176 g/mol.